The molecule has 0 unspecified atom stereocenters. The number of carbonyl (C=O) groups is 2. The number of amides is 1. The lowest BCUT2D eigenvalue weighted by atomic mass is 10.1. The molecule has 0 N–H and O–H groups in total. The van der Waals surface area contributed by atoms with E-state index in [1.807, 2.05) is 13.0 Å². The topological polar surface area (TPSA) is 37.4 Å². The van der Waals surface area contributed by atoms with Gasteiger partial charge in [0.15, 0.2) is 0 Å². The molecule has 88 valence electrons. The summed E-state index contributed by atoms with van der Waals surface area (Å²) in [6, 6.07) is 5.29. The molecule has 0 saturated carbocycles. The van der Waals surface area contributed by atoms with E-state index in [9.17, 15) is 9.59 Å². The summed E-state index contributed by atoms with van der Waals surface area (Å²) >= 11 is 3.30. The van der Waals surface area contributed by atoms with Crippen LogP contribution in [0.25, 0.3) is 0 Å². The summed E-state index contributed by atoms with van der Waals surface area (Å²) in [7, 11) is 0. The van der Waals surface area contributed by atoms with Gasteiger partial charge in [0.2, 0.25) is 0 Å². The van der Waals surface area contributed by atoms with E-state index in [-0.39, 0.29) is 0 Å². The van der Waals surface area contributed by atoms with Crippen LogP contribution < -0.4 is 4.90 Å². The normalized spacial score (nSPS) is 14.1. The summed E-state index contributed by atoms with van der Waals surface area (Å²) < 4.78 is 0.800. The maximum Gasteiger partial charge on any atom is 0.299 e. The van der Waals surface area contributed by atoms with Crippen molar-refractivity contribution in [2.45, 2.75) is 13.3 Å². The van der Waals surface area contributed by atoms with Crippen LogP contribution in [-0.4, -0.2) is 18.2 Å². The van der Waals surface area contributed by atoms with Crippen LogP contribution >= 0.6 is 15.9 Å². The van der Waals surface area contributed by atoms with Crippen LogP contribution in [0.1, 0.15) is 23.7 Å². The number of halogens is 1. The third kappa shape index (κ3) is 2.05. The minimum atomic E-state index is -0.465. The summed E-state index contributed by atoms with van der Waals surface area (Å²) in [6.07, 6.45) is 0.795. The van der Waals surface area contributed by atoms with Gasteiger partial charge >= 0.3 is 0 Å². The van der Waals surface area contributed by atoms with Gasteiger partial charge in [0, 0.05) is 11.0 Å². The standard InChI is InChI=1S/C13H12BrNO2/c1-3-8(2)7-15-11-5-4-9(14)6-10(11)12(16)13(15)17/h4-6H,2-3,7H2,1H3. The lowest BCUT2D eigenvalue weighted by molar-refractivity contribution is -0.114. The zero-order valence-corrected chi connectivity index (χ0v) is 11.1. The Labute approximate surface area is 108 Å². The lowest BCUT2D eigenvalue weighted by Crippen LogP contribution is -2.31. The first kappa shape index (κ1) is 12.0. The Morgan fingerprint density at radius 3 is 2.76 bits per heavy atom. The van der Waals surface area contributed by atoms with E-state index >= 15 is 0 Å². The van der Waals surface area contributed by atoms with Crippen LogP contribution in [0.2, 0.25) is 0 Å². The average molecular weight is 294 g/mol. The first-order valence-corrected chi connectivity index (χ1v) is 6.16. The van der Waals surface area contributed by atoms with Gasteiger partial charge in [-0.1, -0.05) is 35.0 Å². The second-order valence-corrected chi connectivity index (χ2v) is 4.90. The third-order valence-corrected chi connectivity index (χ3v) is 3.31. The minimum absolute atomic E-state index is 0.412. The van der Waals surface area contributed by atoms with Crippen molar-refractivity contribution in [1.82, 2.24) is 0 Å². The van der Waals surface area contributed by atoms with Crippen molar-refractivity contribution < 1.29 is 9.59 Å². The van der Waals surface area contributed by atoms with Gasteiger partial charge in [-0.25, -0.2) is 0 Å². The summed E-state index contributed by atoms with van der Waals surface area (Å²) in [5.74, 6) is -0.905. The second kappa shape index (κ2) is 4.45. The Kier molecular flexibility index (Phi) is 3.15. The zero-order valence-electron chi connectivity index (χ0n) is 9.50. The second-order valence-electron chi connectivity index (χ2n) is 3.99. The molecule has 0 saturated heterocycles. The Morgan fingerprint density at radius 1 is 1.41 bits per heavy atom. The Morgan fingerprint density at radius 2 is 2.12 bits per heavy atom. The van der Waals surface area contributed by atoms with Crippen LogP contribution in [0.5, 0.6) is 0 Å². The highest BCUT2D eigenvalue weighted by Crippen LogP contribution is 2.31. The molecular formula is C13H12BrNO2. The van der Waals surface area contributed by atoms with E-state index in [2.05, 4.69) is 22.5 Å². The first-order valence-electron chi connectivity index (χ1n) is 5.37. The molecular weight excluding hydrogens is 282 g/mol. The van der Waals surface area contributed by atoms with Gasteiger partial charge in [-0.15, -0.1) is 0 Å². The number of hydrogen-bond acceptors (Lipinski definition) is 2. The van der Waals surface area contributed by atoms with Crippen molar-refractivity contribution in [3.05, 3.63) is 40.4 Å². The van der Waals surface area contributed by atoms with Crippen LogP contribution in [0.4, 0.5) is 5.69 Å². The number of carbonyl (C=O) groups excluding carboxylic acids is 2. The number of hydrogen-bond donors (Lipinski definition) is 0. The number of ketones is 1. The van der Waals surface area contributed by atoms with Gasteiger partial charge in [0.25, 0.3) is 11.7 Å². The minimum Gasteiger partial charge on any atom is -0.301 e. The van der Waals surface area contributed by atoms with Crippen molar-refractivity contribution >= 4 is 33.3 Å². The van der Waals surface area contributed by atoms with Crippen molar-refractivity contribution in [3.63, 3.8) is 0 Å². The summed E-state index contributed by atoms with van der Waals surface area (Å²) in [5.41, 5.74) is 2.08. The van der Waals surface area contributed by atoms with E-state index in [4.69, 9.17) is 0 Å². The molecule has 0 aromatic heterocycles. The Hall–Kier alpha value is -1.42. The number of Topliss-reactive ketones (excluding diaryl/α,β-unsaturated/α-hetero) is 1. The number of rotatable bonds is 3. The molecule has 0 aliphatic carbocycles. The smallest absolute Gasteiger partial charge is 0.299 e. The van der Waals surface area contributed by atoms with Gasteiger partial charge in [-0.05, 0) is 24.6 Å². The predicted octanol–water partition coefficient (Wildman–Crippen LogP) is 2.94. The number of nitrogens with zero attached hydrogens (tertiary/aromatic N) is 1. The van der Waals surface area contributed by atoms with Gasteiger partial charge < -0.3 is 4.90 Å². The van der Waals surface area contributed by atoms with E-state index in [1.54, 1.807) is 12.1 Å². The van der Waals surface area contributed by atoms with Crippen molar-refractivity contribution in [3.8, 4) is 0 Å². The molecule has 0 radical (unpaired) electrons. The SMILES string of the molecule is C=C(CC)CN1C(=O)C(=O)c2cc(Br)ccc21. The molecule has 2 rings (SSSR count). The number of anilines is 1. The van der Waals surface area contributed by atoms with E-state index < -0.39 is 11.7 Å². The molecule has 0 spiro atoms. The fourth-order valence-corrected chi connectivity index (χ4v) is 2.13. The average Bonchev–Trinajstić information content (AvgIpc) is 2.54. The van der Waals surface area contributed by atoms with Gasteiger partial charge in [0.05, 0.1) is 11.3 Å². The van der Waals surface area contributed by atoms with Crippen LogP contribution in [0, 0.1) is 0 Å². The Balaban J connectivity index is 2.41. The molecule has 1 aromatic rings. The van der Waals surface area contributed by atoms with Crippen molar-refractivity contribution in [2.24, 2.45) is 0 Å². The maximum absolute atomic E-state index is 11.8. The largest absolute Gasteiger partial charge is 0.301 e. The third-order valence-electron chi connectivity index (χ3n) is 2.82. The molecule has 0 bridgehead atoms. The number of fused-ring (bicyclic) bond motifs is 1. The lowest BCUT2D eigenvalue weighted by Gasteiger charge is -2.17. The van der Waals surface area contributed by atoms with Gasteiger partial charge in [0.1, 0.15) is 0 Å². The van der Waals surface area contributed by atoms with E-state index in [1.165, 1.54) is 4.90 Å². The molecule has 1 aliphatic heterocycles. The fourth-order valence-electron chi connectivity index (χ4n) is 1.77. The van der Waals surface area contributed by atoms with Crippen molar-refractivity contribution in [1.29, 1.82) is 0 Å². The summed E-state index contributed by atoms with van der Waals surface area (Å²) in [6.45, 7) is 6.26. The van der Waals surface area contributed by atoms with Crippen LogP contribution in [-0.2, 0) is 4.79 Å². The van der Waals surface area contributed by atoms with Gasteiger partial charge in [-0.3, -0.25) is 9.59 Å². The highest BCUT2D eigenvalue weighted by Gasteiger charge is 2.35. The van der Waals surface area contributed by atoms with Gasteiger partial charge in [-0.2, -0.15) is 0 Å². The summed E-state index contributed by atoms with van der Waals surface area (Å²) in [5, 5.41) is 0. The molecule has 0 fully saturated rings. The van der Waals surface area contributed by atoms with Crippen molar-refractivity contribution in [2.75, 3.05) is 11.4 Å². The highest BCUT2D eigenvalue weighted by molar-refractivity contribution is 9.10. The van der Waals surface area contributed by atoms with Crippen LogP contribution in [0.3, 0.4) is 0 Å². The maximum atomic E-state index is 11.8. The first-order chi connectivity index (χ1) is 8.04. The fraction of sp³-hybridized carbons (Fsp3) is 0.231. The number of benzene rings is 1. The molecule has 0 atom stereocenters. The molecule has 3 nitrogen and oxygen atoms in total. The quantitative estimate of drug-likeness (QED) is 0.635. The molecule has 1 aliphatic rings. The monoisotopic (exact) mass is 293 g/mol. The van der Waals surface area contributed by atoms with Crippen LogP contribution in [0.15, 0.2) is 34.8 Å². The predicted molar refractivity (Wildman–Crippen MR) is 70.3 cm³/mol. The molecule has 17 heavy (non-hydrogen) atoms. The molecule has 1 amide bonds. The summed E-state index contributed by atoms with van der Waals surface area (Å²) in [4.78, 5) is 25.1. The molecule has 1 aromatic carbocycles. The highest BCUT2D eigenvalue weighted by atomic mass is 79.9. The molecule has 4 heteroatoms. The zero-order chi connectivity index (χ0) is 12.6. The Bertz CT molecular complexity index is 522. The van der Waals surface area contributed by atoms with E-state index in [0.717, 1.165) is 16.5 Å². The molecule has 1 heterocycles. The van der Waals surface area contributed by atoms with E-state index in [0.29, 0.717) is 17.8 Å².